The van der Waals surface area contributed by atoms with Gasteiger partial charge in [-0.25, -0.2) is 9.59 Å². The molecule has 0 amide bonds. The SMILES string of the molecule is COC(=O)c1c2c(=O)oc3ccccc3c2cn1Cc1ccc(Cl)cc1. The number of rotatable bonds is 3. The van der Waals surface area contributed by atoms with Gasteiger partial charge in [0.2, 0.25) is 0 Å². The van der Waals surface area contributed by atoms with Gasteiger partial charge in [-0.05, 0) is 23.8 Å². The summed E-state index contributed by atoms with van der Waals surface area (Å²) < 4.78 is 12.0. The molecule has 4 rings (SSSR count). The zero-order valence-electron chi connectivity index (χ0n) is 13.9. The third-order valence-electron chi connectivity index (χ3n) is 4.31. The summed E-state index contributed by atoms with van der Waals surface area (Å²) in [7, 11) is 1.29. The highest BCUT2D eigenvalue weighted by Gasteiger charge is 2.23. The highest BCUT2D eigenvalue weighted by atomic mass is 35.5. The first-order chi connectivity index (χ1) is 12.6. The number of halogens is 1. The van der Waals surface area contributed by atoms with E-state index in [1.807, 2.05) is 24.3 Å². The van der Waals surface area contributed by atoms with Crippen molar-refractivity contribution in [2.45, 2.75) is 6.54 Å². The van der Waals surface area contributed by atoms with Crippen molar-refractivity contribution in [3.8, 4) is 0 Å². The Balaban J connectivity index is 2.00. The van der Waals surface area contributed by atoms with Crippen molar-refractivity contribution in [3.05, 3.63) is 81.4 Å². The summed E-state index contributed by atoms with van der Waals surface area (Å²) in [5.74, 6) is -0.587. The number of hydrogen-bond donors (Lipinski definition) is 0. The topological polar surface area (TPSA) is 61.4 Å². The lowest BCUT2D eigenvalue weighted by molar-refractivity contribution is 0.0591. The first kappa shape index (κ1) is 16.4. The highest BCUT2D eigenvalue weighted by Crippen LogP contribution is 2.27. The Morgan fingerprint density at radius 3 is 2.58 bits per heavy atom. The van der Waals surface area contributed by atoms with Crippen LogP contribution in [0.25, 0.3) is 21.7 Å². The zero-order valence-corrected chi connectivity index (χ0v) is 14.6. The van der Waals surface area contributed by atoms with Crippen LogP contribution in [0.1, 0.15) is 16.1 Å². The molecule has 0 radical (unpaired) electrons. The fourth-order valence-corrected chi connectivity index (χ4v) is 3.25. The van der Waals surface area contributed by atoms with Crippen LogP contribution < -0.4 is 5.63 Å². The minimum Gasteiger partial charge on any atom is -0.464 e. The molecule has 0 fully saturated rings. The molecule has 0 aliphatic carbocycles. The maximum Gasteiger partial charge on any atom is 0.355 e. The van der Waals surface area contributed by atoms with E-state index in [1.54, 1.807) is 35.0 Å². The van der Waals surface area contributed by atoms with E-state index in [4.69, 9.17) is 20.8 Å². The highest BCUT2D eigenvalue weighted by molar-refractivity contribution is 6.30. The molecule has 0 aliphatic rings. The Morgan fingerprint density at radius 1 is 1.12 bits per heavy atom. The van der Waals surface area contributed by atoms with E-state index < -0.39 is 11.6 Å². The molecular weight excluding hydrogens is 354 g/mol. The minimum absolute atomic E-state index is 0.178. The third-order valence-corrected chi connectivity index (χ3v) is 4.56. The zero-order chi connectivity index (χ0) is 18.3. The van der Waals surface area contributed by atoms with Gasteiger partial charge < -0.3 is 13.7 Å². The van der Waals surface area contributed by atoms with Crippen molar-refractivity contribution in [2.24, 2.45) is 0 Å². The van der Waals surface area contributed by atoms with E-state index in [1.165, 1.54) is 7.11 Å². The van der Waals surface area contributed by atoms with Crippen molar-refractivity contribution in [2.75, 3.05) is 7.11 Å². The summed E-state index contributed by atoms with van der Waals surface area (Å²) in [4.78, 5) is 24.9. The molecule has 2 aromatic carbocycles. The van der Waals surface area contributed by atoms with Crippen LogP contribution in [-0.2, 0) is 11.3 Å². The maximum absolute atomic E-state index is 12.5. The van der Waals surface area contributed by atoms with Crippen LogP contribution in [0.5, 0.6) is 0 Å². The fraction of sp³-hybridized carbons (Fsp3) is 0.100. The number of carbonyl (C=O) groups excluding carboxylic acids is 1. The lowest BCUT2D eigenvalue weighted by Crippen LogP contribution is -2.14. The second-order valence-corrected chi connectivity index (χ2v) is 6.33. The smallest absolute Gasteiger partial charge is 0.355 e. The van der Waals surface area contributed by atoms with Crippen molar-refractivity contribution in [1.82, 2.24) is 4.57 Å². The molecule has 6 heteroatoms. The van der Waals surface area contributed by atoms with E-state index in [0.29, 0.717) is 22.5 Å². The Labute approximate surface area is 153 Å². The average Bonchev–Trinajstić information content (AvgIpc) is 3.03. The number of nitrogens with zero attached hydrogens (tertiary/aromatic N) is 1. The minimum atomic E-state index is -0.587. The number of aromatic nitrogens is 1. The van der Waals surface area contributed by atoms with Crippen LogP contribution in [0, 0.1) is 0 Å². The quantitative estimate of drug-likeness (QED) is 0.401. The Hall–Kier alpha value is -3.05. The Morgan fingerprint density at radius 2 is 1.85 bits per heavy atom. The number of carbonyl (C=O) groups is 1. The normalized spacial score (nSPS) is 11.2. The van der Waals surface area contributed by atoms with Crippen molar-refractivity contribution < 1.29 is 13.9 Å². The van der Waals surface area contributed by atoms with Crippen molar-refractivity contribution in [1.29, 1.82) is 0 Å². The van der Waals surface area contributed by atoms with Gasteiger partial charge in [0.15, 0.2) is 0 Å². The third kappa shape index (κ3) is 2.66. The van der Waals surface area contributed by atoms with Gasteiger partial charge in [0.25, 0.3) is 0 Å². The molecule has 0 saturated carbocycles. The van der Waals surface area contributed by atoms with Crippen LogP contribution in [0.2, 0.25) is 5.02 Å². The number of fused-ring (bicyclic) bond motifs is 3. The summed E-state index contributed by atoms with van der Waals surface area (Å²) >= 11 is 5.93. The molecule has 0 N–H and O–H groups in total. The molecule has 0 saturated heterocycles. The van der Waals surface area contributed by atoms with Crippen molar-refractivity contribution >= 4 is 39.3 Å². The molecule has 0 aliphatic heterocycles. The Bertz CT molecular complexity index is 1190. The predicted molar refractivity (Wildman–Crippen MR) is 99.9 cm³/mol. The lowest BCUT2D eigenvalue weighted by atomic mass is 10.1. The van der Waals surface area contributed by atoms with Gasteiger partial charge in [-0.1, -0.05) is 41.9 Å². The van der Waals surface area contributed by atoms with Gasteiger partial charge in [0.1, 0.15) is 16.7 Å². The van der Waals surface area contributed by atoms with Crippen LogP contribution in [0.15, 0.2) is 63.9 Å². The molecule has 2 heterocycles. The van der Waals surface area contributed by atoms with Gasteiger partial charge >= 0.3 is 11.6 Å². The Kier molecular flexibility index (Phi) is 4.01. The van der Waals surface area contributed by atoms with Gasteiger partial charge in [0.05, 0.1) is 7.11 Å². The predicted octanol–water partition coefficient (Wildman–Crippen LogP) is 4.24. The van der Waals surface area contributed by atoms with E-state index in [-0.39, 0.29) is 11.1 Å². The summed E-state index contributed by atoms with van der Waals surface area (Å²) in [6.45, 7) is 0.393. The summed E-state index contributed by atoms with van der Waals surface area (Å²) in [6.07, 6.45) is 1.79. The van der Waals surface area contributed by atoms with Crippen LogP contribution in [0.4, 0.5) is 0 Å². The number of ether oxygens (including phenoxy) is 1. The van der Waals surface area contributed by atoms with Gasteiger partial charge in [-0.3, -0.25) is 0 Å². The first-order valence-corrected chi connectivity index (χ1v) is 8.33. The number of benzene rings is 2. The average molecular weight is 368 g/mol. The molecule has 0 unspecified atom stereocenters. The van der Waals surface area contributed by atoms with Gasteiger partial charge in [0, 0.05) is 28.5 Å². The maximum atomic E-state index is 12.5. The van der Waals surface area contributed by atoms with Gasteiger partial charge in [-0.2, -0.15) is 0 Å². The van der Waals surface area contributed by atoms with Crippen molar-refractivity contribution in [3.63, 3.8) is 0 Å². The molecule has 5 nitrogen and oxygen atoms in total. The monoisotopic (exact) mass is 367 g/mol. The van der Waals surface area contributed by atoms with Crippen LogP contribution in [-0.4, -0.2) is 17.6 Å². The summed E-state index contributed by atoms with van der Waals surface area (Å²) in [5, 5.41) is 2.28. The van der Waals surface area contributed by atoms with E-state index >= 15 is 0 Å². The van der Waals surface area contributed by atoms with E-state index in [2.05, 4.69) is 0 Å². The second kappa shape index (κ2) is 6.35. The number of hydrogen-bond acceptors (Lipinski definition) is 4. The number of esters is 1. The molecule has 0 atom stereocenters. The summed E-state index contributed by atoms with van der Waals surface area (Å²) in [6, 6.07) is 14.5. The largest absolute Gasteiger partial charge is 0.464 e. The fourth-order valence-electron chi connectivity index (χ4n) is 3.12. The van der Waals surface area contributed by atoms with E-state index in [9.17, 15) is 9.59 Å². The molecule has 0 spiro atoms. The lowest BCUT2D eigenvalue weighted by Gasteiger charge is -2.08. The van der Waals surface area contributed by atoms with Crippen LogP contribution >= 0.6 is 11.6 Å². The molecule has 130 valence electrons. The number of para-hydroxylation sites is 1. The standard InChI is InChI=1S/C20H14ClNO4/c1-25-20(24)18-17-15(14-4-2-3-5-16(14)26-19(17)23)11-22(18)10-12-6-8-13(21)9-7-12/h2-9,11H,10H2,1H3. The first-order valence-electron chi connectivity index (χ1n) is 7.96. The molecule has 0 bridgehead atoms. The van der Waals surface area contributed by atoms with Gasteiger partial charge in [-0.15, -0.1) is 0 Å². The van der Waals surface area contributed by atoms with Crippen LogP contribution in [0.3, 0.4) is 0 Å². The second-order valence-electron chi connectivity index (χ2n) is 5.90. The molecule has 2 aromatic heterocycles. The number of methoxy groups -OCH3 is 1. The summed E-state index contributed by atoms with van der Waals surface area (Å²) in [5.41, 5.74) is 1.03. The molecule has 4 aromatic rings. The molecular formula is C20H14ClNO4. The van der Waals surface area contributed by atoms with E-state index in [0.717, 1.165) is 10.9 Å². The molecule has 26 heavy (non-hydrogen) atoms.